The maximum atomic E-state index is 14.7. The van der Waals surface area contributed by atoms with Crippen LogP contribution in [0.15, 0.2) is 54.6 Å². The summed E-state index contributed by atoms with van der Waals surface area (Å²) in [7, 11) is -4.03. The molecule has 55 heavy (non-hydrogen) atoms. The number of sulfonamides is 1. The topological polar surface area (TPSA) is 177 Å². The number of hydrogen-bond acceptors (Lipinski definition) is 9. The molecule has 16 heteroatoms. The van der Waals surface area contributed by atoms with Crippen LogP contribution in [0.2, 0.25) is 0 Å². The molecule has 5 atom stereocenters. The highest BCUT2D eigenvalue weighted by Gasteiger charge is 2.63. The number of aryl methyl sites for hydroxylation is 1. The minimum atomic E-state index is -4.03. The van der Waals surface area contributed by atoms with Gasteiger partial charge in [-0.2, -0.15) is 0 Å². The summed E-state index contributed by atoms with van der Waals surface area (Å²) < 4.78 is 62.5. The van der Waals surface area contributed by atoms with Crippen LogP contribution in [0.4, 0.5) is 8.78 Å². The molecule has 0 bridgehead atoms. The fraction of sp³-hybridized carbons (Fsp3) is 0.487. The number of aromatic nitrogens is 2. The van der Waals surface area contributed by atoms with Crippen molar-refractivity contribution in [3.8, 4) is 5.88 Å². The molecule has 3 fully saturated rings. The van der Waals surface area contributed by atoms with Gasteiger partial charge in [0, 0.05) is 18.4 Å². The van der Waals surface area contributed by atoms with Gasteiger partial charge in [0.2, 0.25) is 27.7 Å². The van der Waals surface area contributed by atoms with E-state index in [0.717, 1.165) is 12.5 Å². The Hall–Kier alpha value is -4.99. The van der Waals surface area contributed by atoms with Gasteiger partial charge >= 0.3 is 0 Å². The second kappa shape index (κ2) is 14.9. The van der Waals surface area contributed by atoms with Crippen LogP contribution in [0.5, 0.6) is 5.88 Å². The third-order valence-corrected chi connectivity index (χ3v) is 13.3. The Morgan fingerprint density at radius 2 is 1.84 bits per heavy atom. The zero-order chi connectivity index (χ0) is 39.1. The van der Waals surface area contributed by atoms with E-state index in [1.165, 1.54) is 41.3 Å². The largest absolute Gasteiger partial charge is 0.471 e. The summed E-state index contributed by atoms with van der Waals surface area (Å²) >= 11 is 0. The van der Waals surface area contributed by atoms with Gasteiger partial charge < -0.3 is 20.3 Å². The van der Waals surface area contributed by atoms with Crippen LogP contribution >= 0.6 is 0 Å². The van der Waals surface area contributed by atoms with E-state index >= 15 is 0 Å². The number of nitrogens with zero attached hydrogens (tertiary/aromatic N) is 3. The molecule has 0 radical (unpaired) electrons. The van der Waals surface area contributed by atoms with Crippen LogP contribution in [0, 0.1) is 17.6 Å². The lowest BCUT2D eigenvalue weighted by Gasteiger charge is -2.30. The molecular weight excluding hydrogens is 735 g/mol. The smallest absolute Gasteiger partial charge is 0.259 e. The summed E-state index contributed by atoms with van der Waals surface area (Å²) in [4.78, 5) is 66.5. The van der Waals surface area contributed by atoms with Crippen LogP contribution in [-0.4, -0.2) is 81.9 Å². The van der Waals surface area contributed by atoms with Crippen molar-refractivity contribution in [1.82, 2.24) is 30.2 Å². The zero-order valence-corrected chi connectivity index (χ0v) is 31.5. The van der Waals surface area contributed by atoms with E-state index in [-0.39, 0.29) is 42.8 Å². The van der Waals surface area contributed by atoms with Gasteiger partial charge in [-0.3, -0.25) is 23.9 Å². The Bertz CT molecular complexity index is 2180. The molecule has 1 aromatic heterocycles. The molecule has 1 saturated heterocycles. The average molecular weight is 779 g/mol. The summed E-state index contributed by atoms with van der Waals surface area (Å²) in [5, 5.41) is 5.52. The fourth-order valence-electron chi connectivity index (χ4n) is 7.36. The van der Waals surface area contributed by atoms with Crippen molar-refractivity contribution in [3.05, 3.63) is 77.5 Å². The van der Waals surface area contributed by atoms with E-state index in [1.54, 1.807) is 6.92 Å². The highest BCUT2D eigenvalue weighted by Crippen LogP contribution is 2.47. The van der Waals surface area contributed by atoms with Gasteiger partial charge in [0.05, 0.1) is 27.9 Å². The van der Waals surface area contributed by atoms with E-state index in [2.05, 4.69) is 25.3 Å². The third-order valence-electron chi connectivity index (χ3n) is 11.2. The monoisotopic (exact) mass is 778 g/mol. The van der Waals surface area contributed by atoms with E-state index in [1.807, 2.05) is 19.1 Å². The first-order valence-electron chi connectivity index (χ1n) is 18.8. The number of fused-ring (bicyclic) bond motifs is 3. The van der Waals surface area contributed by atoms with Gasteiger partial charge in [-0.15, -0.1) is 0 Å². The lowest BCUT2D eigenvalue weighted by atomic mass is 10.0. The van der Waals surface area contributed by atoms with E-state index in [9.17, 15) is 36.4 Å². The number of rotatable bonds is 8. The van der Waals surface area contributed by atoms with Crippen molar-refractivity contribution in [3.63, 3.8) is 0 Å². The summed E-state index contributed by atoms with van der Waals surface area (Å²) in [6.45, 7) is 3.27. The molecule has 292 valence electrons. The van der Waals surface area contributed by atoms with Crippen LogP contribution < -0.4 is 20.1 Å². The SMILES string of the molecule is CCc1nc2ccc(F)cc2nc1O[C@@H]1C[C@H]2C(=O)N[C@]3(C(=O)NS(=O)(=O)C4(C)CC4)C[C@H]3C=CCCCCC[C@H](NC(=O)c3ccccc3F)C(=O)N2C1. The average Bonchev–Trinajstić information content (AvgIpc) is 4.03. The summed E-state index contributed by atoms with van der Waals surface area (Å²) in [6, 6.07) is 7.05. The first-order chi connectivity index (χ1) is 26.2. The van der Waals surface area contributed by atoms with Crippen molar-refractivity contribution in [2.24, 2.45) is 5.92 Å². The molecule has 2 saturated carbocycles. The third kappa shape index (κ3) is 7.78. The van der Waals surface area contributed by atoms with Gasteiger partial charge in [-0.25, -0.2) is 27.2 Å². The second-order valence-electron chi connectivity index (χ2n) is 15.2. The van der Waals surface area contributed by atoms with Gasteiger partial charge in [-0.05, 0) is 76.1 Å². The first kappa shape index (κ1) is 38.3. The molecular formula is C39H44F2N6O7S. The molecule has 13 nitrogen and oxygen atoms in total. The van der Waals surface area contributed by atoms with E-state index < -0.39 is 79.7 Å². The Morgan fingerprint density at radius 3 is 2.58 bits per heavy atom. The lowest BCUT2D eigenvalue weighted by molar-refractivity contribution is -0.141. The van der Waals surface area contributed by atoms with Gasteiger partial charge in [0.15, 0.2) is 0 Å². The maximum Gasteiger partial charge on any atom is 0.259 e. The number of halogens is 2. The molecule has 2 aliphatic carbocycles. The number of benzene rings is 2. The number of carbonyl (C=O) groups is 4. The molecule has 7 rings (SSSR count). The predicted molar refractivity (Wildman–Crippen MR) is 197 cm³/mol. The number of allylic oxidation sites excluding steroid dienone is 1. The molecule has 3 aromatic rings. The van der Waals surface area contributed by atoms with E-state index in [4.69, 9.17) is 4.74 Å². The van der Waals surface area contributed by atoms with Gasteiger partial charge in [0.25, 0.3) is 11.8 Å². The minimum Gasteiger partial charge on any atom is -0.471 e. The fourth-order valence-corrected chi connectivity index (χ4v) is 8.67. The molecule has 0 spiro atoms. The molecule has 2 aromatic carbocycles. The lowest BCUT2D eigenvalue weighted by Crippen LogP contribution is -2.58. The molecule has 3 N–H and O–H groups in total. The van der Waals surface area contributed by atoms with Crippen LogP contribution in [0.3, 0.4) is 0 Å². The number of carbonyl (C=O) groups excluding carboxylic acids is 4. The van der Waals surface area contributed by atoms with Crippen molar-refractivity contribution in [2.75, 3.05) is 6.54 Å². The Morgan fingerprint density at radius 1 is 1.05 bits per heavy atom. The maximum absolute atomic E-state index is 14.7. The number of nitrogens with one attached hydrogen (secondary N) is 3. The standard InChI is InChI=1S/C39H44F2N6O7S/c1-3-28-35(44-31-19-24(40)15-16-29(31)42-28)54-25-20-32-34(49)45-39(37(51)46-55(52,53)38(2)17-18-38)21-23(39)11-7-5-4-6-8-14-30(36(50)47(32)22-25)43-33(48)26-12-9-10-13-27(26)41/h7,9-13,15-16,19,23,25,30,32H,3-6,8,14,17-18,20-22H2,1-2H3,(H,43,48)(H,45,49)(H,46,51)/t23-,25-,30+,32+,39-/m1/s1. The number of amides is 4. The second-order valence-corrected chi connectivity index (χ2v) is 17.4. The van der Waals surface area contributed by atoms with Gasteiger partial charge in [-0.1, -0.05) is 44.1 Å². The Labute approximate surface area is 317 Å². The van der Waals surface area contributed by atoms with Crippen molar-refractivity contribution in [1.29, 1.82) is 0 Å². The van der Waals surface area contributed by atoms with E-state index in [0.29, 0.717) is 49.7 Å². The zero-order valence-electron chi connectivity index (χ0n) is 30.6. The highest BCUT2D eigenvalue weighted by atomic mass is 32.2. The van der Waals surface area contributed by atoms with Crippen LogP contribution in [0.25, 0.3) is 11.0 Å². The molecule has 4 aliphatic rings. The summed E-state index contributed by atoms with van der Waals surface area (Å²) in [5.74, 6) is -4.62. The highest BCUT2D eigenvalue weighted by molar-refractivity contribution is 7.91. The Balaban J connectivity index is 1.21. The number of hydrogen-bond donors (Lipinski definition) is 3. The molecule has 4 amide bonds. The Kier molecular flexibility index (Phi) is 10.4. The first-order valence-corrected chi connectivity index (χ1v) is 20.3. The predicted octanol–water partition coefficient (Wildman–Crippen LogP) is 4.01. The van der Waals surface area contributed by atoms with Crippen LogP contribution in [0.1, 0.15) is 87.7 Å². The van der Waals surface area contributed by atoms with Crippen molar-refractivity contribution < 1.29 is 41.1 Å². The summed E-state index contributed by atoms with van der Waals surface area (Å²) in [6.07, 6.45) is 6.97. The van der Waals surface area contributed by atoms with Gasteiger partial charge in [0.1, 0.15) is 41.1 Å². The quantitative estimate of drug-likeness (QED) is 0.285. The van der Waals surface area contributed by atoms with Crippen molar-refractivity contribution >= 4 is 44.7 Å². The molecule has 2 aliphatic heterocycles. The minimum absolute atomic E-state index is 0.0633. The molecule has 0 unspecified atom stereocenters. The normalized spacial score (nSPS) is 26.5. The molecule has 3 heterocycles. The summed E-state index contributed by atoms with van der Waals surface area (Å²) in [5.41, 5.74) is -0.637. The van der Waals surface area contributed by atoms with Crippen LogP contribution in [-0.2, 0) is 30.8 Å². The van der Waals surface area contributed by atoms with Crippen molar-refractivity contribution in [2.45, 2.75) is 107 Å². The number of ether oxygens (including phenoxy) is 1.